The van der Waals surface area contributed by atoms with Crippen LogP contribution in [-0.2, 0) is 0 Å². The number of nitrogens with zero attached hydrogens (tertiary/aromatic N) is 3. The van der Waals surface area contributed by atoms with Crippen molar-refractivity contribution in [2.24, 2.45) is 0 Å². The van der Waals surface area contributed by atoms with E-state index in [1.807, 2.05) is 6.07 Å². The van der Waals surface area contributed by atoms with E-state index in [9.17, 15) is 0 Å². The molecule has 0 aliphatic carbocycles. The van der Waals surface area contributed by atoms with Crippen LogP contribution in [0.1, 0.15) is 0 Å². The van der Waals surface area contributed by atoms with Crippen molar-refractivity contribution in [3.05, 3.63) is 39.9 Å². The molecule has 0 N–H and O–H groups in total. The first-order chi connectivity index (χ1) is 11.0. The molecule has 0 amide bonds. The van der Waals surface area contributed by atoms with Gasteiger partial charge in [-0.15, -0.1) is 0 Å². The number of hydrogen-bond acceptors (Lipinski definition) is 5. The summed E-state index contributed by atoms with van der Waals surface area (Å²) in [5.74, 6) is 0.908. The Morgan fingerprint density at radius 3 is 2.13 bits per heavy atom. The summed E-state index contributed by atoms with van der Waals surface area (Å²) in [6.07, 6.45) is 3.19. The smallest absolute Gasteiger partial charge is 0.224 e. The van der Waals surface area contributed by atoms with E-state index in [0.29, 0.717) is 43.7 Å². The average molecular weight is 371 g/mol. The highest BCUT2D eigenvalue weighted by atomic mass is 35.5. The molecule has 0 aliphatic heterocycles. The van der Waals surface area contributed by atoms with Crippen LogP contribution in [0.3, 0.4) is 0 Å². The van der Waals surface area contributed by atoms with Crippen LogP contribution in [-0.4, -0.2) is 29.2 Å². The van der Waals surface area contributed by atoms with E-state index in [1.165, 1.54) is 14.2 Å². The second kappa shape index (κ2) is 6.35. The molecule has 8 heteroatoms. The maximum Gasteiger partial charge on any atom is 0.224 e. The molecule has 0 unspecified atom stereocenters. The highest BCUT2D eigenvalue weighted by Gasteiger charge is 2.19. The molecule has 0 aliphatic rings. The number of ether oxygens (including phenoxy) is 2. The largest absolute Gasteiger partial charge is 0.495 e. The van der Waals surface area contributed by atoms with Gasteiger partial charge < -0.3 is 9.47 Å². The van der Waals surface area contributed by atoms with Gasteiger partial charge in [0.05, 0.1) is 24.3 Å². The fourth-order valence-corrected chi connectivity index (χ4v) is 3.03. The molecule has 0 bridgehead atoms. The lowest BCUT2D eigenvalue weighted by molar-refractivity contribution is 0.395. The molecule has 23 heavy (non-hydrogen) atoms. The van der Waals surface area contributed by atoms with Crippen molar-refractivity contribution in [3.8, 4) is 22.6 Å². The predicted octanol–water partition coefficient (Wildman–Crippen LogP) is 4.67. The lowest BCUT2D eigenvalue weighted by atomic mass is 10.1. The Morgan fingerprint density at radius 2 is 1.52 bits per heavy atom. The Hall–Kier alpha value is -1.82. The monoisotopic (exact) mass is 369 g/mol. The van der Waals surface area contributed by atoms with Gasteiger partial charge in [-0.3, -0.25) is 0 Å². The first-order valence-corrected chi connectivity index (χ1v) is 7.57. The number of benzene rings is 1. The van der Waals surface area contributed by atoms with Gasteiger partial charge in [0.25, 0.3) is 0 Å². The first kappa shape index (κ1) is 16.1. The first-order valence-electron chi connectivity index (χ1n) is 6.43. The third-order valence-corrected chi connectivity index (χ3v) is 4.20. The summed E-state index contributed by atoms with van der Waals surface area (Å²) in [6, 6.07) is 3.45. The van der Waals surface area contributed by atoms with Crippen molar-refractivity contribution < 1.29 is 9.47 Å². The number of pyridine rings is 1. The van der Waals surface area contributed by atoms with Crippen LogP contribution >= 0.6 is 34.8 Å². The molecule has 3 aromatic rings. The zero-order valence-electron chi connectivity index (χ0n) is 12.1. The highest BCUT2D eigenvalue weighted by Crippen LogP contribution is 2.46. The summed E-state index contributed by atoms with van der Waals surface area (Å²) in [7, 11) is 3.04. The molecular formula is C15H10Cl3N3O2. The minimum Gasteiger partial charge on any atom is -0.495 e. The normalized spacial score (nSPS) is 10.8. The molecular weight excluding hydrogens is 361 g/mol. The minimum absolute atomic E-state index is 0.136. The average Bonchev–Trinajstić information content (AvgIpc) is 2.55. The maximum atomic E-state index is 6.41. The lowest BCUT2D eigenvalue weighted by Crippen LogP contribution is -1.94. The molecule has 118 valence electrons. The summed E-state index contributed by atoms with van der Waals surface area (Å²) in [4.78, 5) is 12.3. The van der Waals surface area contributed by atoms with Crippen molar-refractivity contribution in [2.45, 2.75) is 0 Å². The maximum absolute atomic E-state index is 6.41. The Bertz CT molecular complexity index is 875. The molecule has 0 radical (unpaired) electrons. The summed E-state index contributed by atoms with van der Waals surface area (Å²) < 4.78 is 10.5. The zero-order valence-corrected chi connectivity index (χ0v) is 14.4. The fourth-order valence-electron chi connectivity index (χ4n) is 2.18. The van der Waals surface area contributed by atoms with E-state index < -0.39 is 0 Å². The van der Waals surface area contributed by atoms with Crippen molar-refractivity contribution in [3.63, 3.8) is 0 Å². The second-order valence-electron chi connectivity index (χ2n) is 4.56. The predicted molar refractivity (Wildman–Crippen MR) is 90.9 cm³/mol. The topological polar surface area (TPSA) is 57.1 Å². The van der Waals surface area contributed by atoms with Gasteiger partial charge in [0.1, 0.15) is 11.5 Å². The van der Waals surface area contributed by atoms with Gasteiger partial charge in [-0.05, 0) is 17.7 Å². The number of rotatable bonds is 3. The van der Waals surface area contributed by atoms with E-state index in [2.05, 4.69) is 15.0 Å². The highest BCUT2D eigenvalue weighted by molar-refractivity contribution is 6.41. The molecule has 2 aromatic heterocycles. The van der Waals surface area contributed by atoms with Gasteiger partial charge in [-0.25, -0.2) is 9.97 Å². The SMILES string of the molecule is COc1cc(OC)c(Cl)c(-c2cnc3nc(Cl)ncc3c2)c1Cl. The van der Waals surface area contributed by atoms with Crippen molar-refractivity contribution in [1.29, 1.82) is 0 Å². The zero-order chi connectivity index (χ0) is 16.6. The Balaban J connectivity index is 2.27. The molecule has 0 fully saturated rings. The number of fused-ring (bicyclic) bond motifs is 1. The summed E-state index contributed by atoms with van der Waals surface area (Å²) in [6.45, 7) is 0. The van der Waals surface area contributed by atoms with E-state index in [1.54, 1.807) is 18.5 Å². The van der Waals surface area contributed by atoms with Crippen molar-refractivity contribution >= 4 is 45.8 Å². The molecule has 5 nitrogen and oxygen atoms in total. The van der Waals surface area contributed by atoms with Crippen LogP contribution in [0.4, 0.5) is 0 Å². The Kier molecular flexibility index (Phi) is 4.43. The summed E-state index contributed by atoms with van der Waals surface area (Å²) in [5, 5.41) is 1.58. The molecule has 0 spiro atoms. The van der Waals surface area contributed by atoms with E-state index in [-0.39, 0.29) is 5.28 Å². The van der Waals surface area contributed by atoms with E-state index in [0.717, 1.165) is 0 Å². The van der Waals surface area contributed by atoms with Gasteiger partial charge in [0.2, 0.25) is 5.28 Å². The molecule has 0 saturated heterocycles. The quantitative estimate of drug-likeness (QED) is 0.627. The molecule has 3 rings (SSSR count). The van der Waals surface area contributed by atoms with Crippen molar-refractivity contribution in [1.82, 2.24) is 15.0 Å². The minimum atomic E-state index is 0.136. The van der Waals surface area contributed by atoms with Gasteiger partial charge in [-0.2, -0.15) is 4.98 Å². The number of halogens is 3. The Labute approximate surface area is 147 Å². The van der Waals surface area contributed by atoms with E-state index >= 15 is 0 Å². The molecule has 0 atom stereocenters. The number of aromatic nitrogens is 3. The van der Waals surface area contributed by atoms with Crippen LogP contribution in [0, 0.1) is 0 Å². The van der Waals surface area contributed by atoms with Crippen LogP contribution in [0.25, 0.3) is 22.2 Å². The van der Waals surface area contributed by atoms with Crippen LogP contribution in [0.15, 0.2) is 24.5 Å². The third kappa shape index (κ3) is 2.87. The second-order valence-corrected chi connectivity index (χ2v) is 5.65. The van der Waals surface area contributed by atoms with Gasteiger partial charge in [-0.1, -0.05) is 23.2 Å². The number of methoxy groups -OCH3 is 2. The fraction of sp³-hybridized carbons (Fsp3) is 0.133. The third-order valence-electron chi connectivity index (χ3n) is 3.27. The van der Waals surface area contributed by atoms with Gasteiger partial charge >= 0.3 is 0 Å². The Morgan fingerprint density at radius 1 is 0.870 bits per heavy atom. The number of hydrogen-bond donors (Lipinski definition) is 0. The van der Waals surface area contributed by atoms with Crippen LogP contribution in [0.5, 0.6) is 11.5 Å². The summed E-state index contributed by atoms with van der Waals surface area (Å²) in [5.41, 5.74) is 1.74. The molecule has 2 heterocycles. The van der Waals surface area contributed by atoms with Crippen LogP contribution < -0.4 is 9.47 Å². The van der Waals surface area contributed by atoms with Gasteiger partial charge in [0.15, 0.2) is 5.65 Å². The molecule has 0 saturated carbocycles. The van der Waals surface area contributed by atoms with E-state index in [4.69, 9.17) is 44.3 Å². The standard InChI is InChI=1S/C15H10Cl3N3O2/c1-22-9-4-10(23-2)13(17)11(12(9)16)7-3-8-6-20-15(18)21-14(8)19-5-7/h3-6H,1-2H3. The summed E-state index contributed by atoms with van der Waals surface area (Å²) >= 11 is 18.6. The van der Waals surface area contributed by atoms with Gasteiger partial charge in [0, 0.05) is 35.0 Å². The molecule has 1 aromatic carbocycles. The van der Waals surface area contributed by atoms with Crippen LogP contribution in [0.2, 0.25) is 15.3 Å². The lowest BCUT2D eigenvalue weighted by Gasteiger charge is -2.14. The van der Waals surface area contributed by atoms with Crippen molar-refractivity contribution in [2.75, 3.05) is 14.2 Å².